The van der Waals surface area contributed by atoms with Crippen molar-refractivity contribution >= 4 is 6.03 Å². The van der Waals surface area contributed by atoms with Gasteiger partial charge in [0, 0.05) is 0 Å². The maximum Gasteiger partial charge on any atom is 0.459 e. The highest BCUT2D eigenvalue weighted by molar-refractivity contribution is 5.77. The van der Waals surface area contributed by atoms with Gasteiger partial charge in [0.25, 0.3) is 5.95 Å². The Balaban J connectivity index is 2.57. The quantitative estimate of drug-likeness (QED) is 0.739. The molecule has 0 aromatic carbocycles. The summed E-state index contributed by atoms with van der Waals surface area (Å²) in [4.78, 5) is 11.6. The summed E-state index contributed by atoms with van der Waals surface area (Å²) in [7, 11) is 0. The zero-order valence-corrected chi connectivity index (χ0v) is 9.01. The summed E-state index contributed by atoms with van der Waals surface area (Å²) >= 11 is 0. The van der Waals surface area contributed by atoms with Crippen molar-refractivity contribution in [1.29, 1.82) is 0 Å². The lowest BCUT2D eigenvalue weighted by atomic mass is 10.2. The topological polar surface area (TPSA) is 78.5 Å². The van der Waals surface area contributed by atoms with Crippen molar-refractivity contribution in [2.24, 2.45) is 0 Å². The summed E-state index contributed by atoms with van der Waals surface area (Å²) in [6.45, 7) is 0. The van der Waals surface area contributed by atoms with Gasteiger partial charge in [-0.05, 0) is 0 Å². The molecule has 2 aromatic rings. The predicted molar refractivity (Wildman–Crippen MR) is 46.1 cm³/mol. The summed E-state index contributed by atoms with van der Waals surface area (Å²) in [6, 6.07) is -1.60. The maximum atomic E-state index is 13.2. The van der Waals surface area contributed by atoms with Crippen LogP contribution in [0.1, 0.15) is 5.69 Å². The first-order valence-corrected chi connectivity index (χ1v) is 4.63. The zero-order valence-electron chi connectivity index (χ0n) is 9.01. The van der Waals surface area contributed by atoms with Crippen LogP contribution in [0, 0.1) is 5.95 Å². The minimum absolute atomic E-state index is 0.282. The van der Waals surface area contributed by atoms with Crippen molar-refractivity contribution in [1.82, 2.24) is 30.0 Å². The Hall–Kier alpha value is -2.47. The average Bonchev–Trinajstić information content (AvgIpc) is 2.95. The Morgan fingerprint density at radius 1 is 1.15 bits per heavy atom. The molecule has 2 aromatic heterocycles. The third-order valence-electron chi connectivity index (χ3n) is 2.08. The van der Waals surface area contributed by atoms with Gasteiger partial charge in [-0.1, -0.05) is 15.5 Å². The van der Waals surface area contributed by atoms with E-state index in [9.17, 15) is 31.1 Å². The Kier molecular flexibility index (Phi) is 2.98. The molecule has 0 fully saturated rings. The fourth-order valence-electron chi connectivity index (χ4n) is 1.20. The van der Waals surface area contributed by atoms with Crippen molar-refractivity contribution in [2.75, 3.05) is 0 Å². The lowest BCUT2D eigenvalue weighted by molar-refractivity contribution is -0.292. The third-order valence-corrected chi connectivity index (χ3v) is 2.08. The number of nitrogens with zero attached hydrogens (tertiary/aromatic N) is 6. The zero-order chi connectivity index (χ0) is 15.1. The lowest BCUT2D eigenvalue weighted by Gasteiger charge is -2.19. The van der Waals surface area contributed by atoms with E-state index in [0.29, 0.717) is 0 Å². The average molecular weight is 300 g/mol. The van der Waals surface area contributed by atoms with Crippen LogP contribution in [0.3, 0.4) is 0 Å². The molecule has 0 saturated heterocycles. The summed E-state index contributed by atoms with van der Waals surface area (Å²) in [6.07, 6.45) is -4.33. The first kappa shape index (κ1) is 14.0. The van der Waals surface area contributed by atoms with Gasteiger partial charge >= 0.3 is 18.1 Å². The van der Waals surface area contributed by atoms with Crippen LogP contribution in [0.5, 0.6) is 0 Å². The number of carbonyl (C=O) groups is 1. The van der Waals surface area contributed by atoms with E-state index in [1.165, 1.54) is 0 Å². The predicted octanol–water partition coefficient (Wildman–Crippen LogP) is 1.18. The molecule has 7 nitrogen and oxygen atoms in total. The Morgan fingerprint density at radius 2 is 1.80 bits per heavy atom. The fourth-order valence-corrected chi connectivity index (χ4v) is 1.20. The Morgan fingerprint density at radius 3 is 2.30 bits per heavy atom. The normalized spacial score (nSPS) is 12.7. The molecule has 2 rings (SSSR count). The largest absolute Gasteiger partial charge is 0.459 e. The van der Waals surface area contributed by atoms with E-state index < -0.39 is 34.5 Å². The second-order valence-electron chi connectivity index (χ2n) is 3.34. The molecule has 0 atom stereocenters. The number of halogens is 6. The van der Waals surface area contributed by atoms with E-state index >= 15 is 0 Å². The van der Waals surface area contributed by atoms with Crippen LogP contribution in [0.15, 0.2) is 12.4 Å². The second-order valence-corrected chi connectivity index (χ2v) is 3.34. The molecule has 0 amide bonds. The van der Waals surface area contributed by atoms with Gasteiger partial charge in [0.2, 0.25) is 0 Å². The molecule has 2 heterocycles. The molecule has 0 aliphatic heterocycles. The molecule has 0 radical (unpaired) electrons. The van der Waals surface area contributed by atoms with Gasteiger partial charge in [0.1, 0.15) is 0 Å². The van der Waals surface area contributed by atoms with Crippen molar-refractivity contribution in [3.8, 4) is 0 Å². The van der Waals surface area contributed by atoms with Gasteiger partial charge < -0.3 is 0 Å². The molecule has 0 aliphatic rings. The smallest absolute Gasteiger partial charge is 0.243 e. The standard InChI is InChI=1S/C7H2F6N6O/c8-4-3(6(9,10)7(11,12)13)19(17-15-4)5(20)18-2-1-14-16-18/h1-2H. The van der Waals surface area contributed by atoms with E-state index in [1.54, 1.807) is 0 Å². The minimum atomic E-state index is -6.13. The molecule has 13 heteroatoms. The Bertz CT molecular complexity index is 631. The Labute approximate surface area is 104 Å². The number of aromatic nitrogens is 6. The minimum Gasteiger partial charge on any atom is -0.243 e. The highest BCUT2D eigenvalue weighted by Crippen LogP contribution is 2.44. The van der Waals surface area contributed by atoms with E-state index in [4.69, 9.17) is 0 Å². The number of alkyl halides is 5. The van der Waals surface area contributed by atoms with Crippen LogP contribution in [0.2, 0.25) is 0 Å². The van der Waals surface area contributed by atoms with Gasteiger partial charge in [-0.15, -0.1) is 5.10 Å². The van der Waals surface area contributed by atoms with E-state index in [1.807, 2.05) is 0 Å². The number of hydrogen-bond acceptors (Lipinski definition) is 5. The molecular formula is C7H2F6N6O. The molecule has 108 valence electrons. The molecule has 0 saturated carbocycles. The first-order valence-electron chi connectivity index (χ1n) is 4.63. The number of hydrogen-bond donors (Lipinski definition) is 0. The molecule has 20 heavy (non-hydrogen) atoms. The van der Waals surface area contributed by atoms with Crippen molar-refractivity contribution in [2.45, 2.75) is 12.1 Å². The molecule has 0 spiro atoms. The van der Waals surface area contributed by atoms with Gasteiger partial charge in [0.15, 0.2) is 5.69 Å². The van der Waals surface area contributed by atoms with Gasteiger partial charge in [-0.25, -0.2) is 4.79 Å². The van der Waals surface area contributed by atoms with Crippen molar-refractivity contribution < 1.29 is 31.1 Å². The first-order chi connectivity index (χ1) is 9.16. The third kappa shape index (κ3) is 2.00. The van der Waals surface area contributed by atoms with Crippen LogP contribution in [0.4, 0.5) is 31.1 Å². The molecule has 0 unspecified atom stereocenters. The SMILES string of the molecule is O=C(n1ccnn1)n1nnc(F)c1C(F)(F)C(F)(F)F. The maximum absolute atomic E-state index is 13.2. The highest BCUT2D eigenvalue weighted by Gasteiger charge is 2.63. The van der Waals surface area contributed by atoms with Gasteiger partial charge in [-0.2, -0.15) is 35.7 Å². The van der Waals surface area contributed by atoms with Crippen molar-refractivity contribution in [3.63, 3.8) is 0 Å². The monoisotopic (exact) mass is 300 g/mol. The van der Waals surface area contributed by atoms with Crippen LogP contribution in [-0.4, -0.2) is 42.2 Å². The van der Waals surface area contributed by atoms with Crippen LogP contribution >= 0.6 is 0 Å². The molecular weight excluding hydrogens is 298 g/mol. The fraction of sp³-hybridized carbons (Fsp3) is 0.286. The van der Waals surface area contributed by atoms with Gasteiger partial charge in [-0.3, -0.25) is 0 Å². The number of rotatable bonds is 1. The molecule has 0 N–H and O–H groups in total. The van der Waals surface area contributed by atoms with Crippen molar-refractivity contribution in [3.05, 3.63) is 24.0 Å². The molecule has 0 aliphatic carbocycles. The summed E-state index contributed by atoms with van der Waals surface area (Å²) in [5.41, 5.74) is -2.33. The summed E-state index contributed by atoms with van der Waals surface area (Å²) in [5.74, 6) is -7.88. The van der Waals surface area contributed by atoms with Crippen LogP contribution in [-0.2, 0) is 5.92 Å². The summed E-state index contributed by atoms with van der Waals surface area (Å²) < 4.78 is 75.8. The highest BCUT2D eigenvalue weighted by atomic mass is 19.4. The second kappa shape index (κ2) is 4.28. The van der Waals surface area contributed by atoms with E-state index in [0.717, 1.165) is 12.4 Å². The van der Waals surface area contributed by atoms with Gasteiger partial charge in [0.05, 0.1) is 12.4 Å². The lowest BCUT2D eigenvalue weighted by Crippen LogP contribution is -2.39. The van der Waals surface area contributed by atoms with E-state index in [2.05, 4.69) is 20.6 Å². The van der Waals surface area contributed by atoms with Crippen LogP contribution < -0.4 is 0 Å². The summed E-state index contributed by atoms with van der Waals surface area (Å²) in [5, 5.41) is 11.2. The molecule has 0 bridgehead atoms. The number of carbonyl (C=O) groups excluding carboxylic acids is 1. The van der Waals surface area contributed by atoms with Crippen LogP contribution in [0.25, 0.3) is 0 Å². The van der Waals surface area contributed by atoms with E-state index in [-0.39, 0.29) is 4.68 Å².